The minimum Gasteiger partial charge on any atom is -0.450 e. The number of hydrogen-bond donors (Lipinski definition) is 2. The summed E-state index contributed by atoms with van der Waals surface area (Å²) in [5.74, 6) is -0.217. The van der Waals surface area contributed by atoms with E-state index in [-0.39, 0.29) is 30.4 Å². The van der Waals surface area contributed by atoms with Crippen LogP contribution in [0.3, 0.4) is 0 Å². The van der Waals surface area contributed by atoms with E-state index in [0.717, 1.165) is 0 Å². The second-order valence-electron chi connectivity index (χ2n) is 7.03. The Bertz CT molecular complexity index is 650. The van der Waals surface area contributed by atoms with Crippen LogP contribution in [0.25, 0.3) is 0 Å². The molecule has 7 heteroatoms. The van der Waals surface area contributed by atoms with Gasteiger partial charge in [0.2, 0.25) is 11.8 Å². The molecular weight excluding hydrogens is 346 g/mol. The van der Waals surface area contributed by atoms with Crippen molar-refractivity contribution in [2.45, 2.75) is 52.0 Å². The molecule has 1 aromatic carbocycles. The van der Waals surface area contributed by atoms with Crippen molar-refractivity contribution in [2.75, 3.05) is 25.0 Å². The van der Waals surface area contributed by atoms with Gasteiger partial charge in [0.25, 0.3) is 0 Å². The fourth-order valence-electron chi connectivity index (χ4n) is 3.00. The van der Waals surface area contributed by atoms with Crippen LogP contribution in [-0.4, -0.2) is 48.5 Å². The molecule has 0 aromatic heterocycles. The molecule has 1 heterocycles. The molecule has 7 nitrogen and oxygen atoms in total. The van der Waals surface area contributed by atoms with Crippen molar-refractivity contribution in [3.63, 3.8) is 0 Å². The summed E-state index contributed by atoms with van der Waals surface area (Å²) >= 11 is 0. The molecule has 0 atom stereocenters. The first-order valence-electron chi connectivity index (χ1n) is 9.50. The maximum absolute atomic E-state index is 12.1. The first kappa shape index (κ1) is 20.7. The summed E-state index contributed by atoms with van der Waals surface area (Å²) in [6.45, 7) is 7.42. The van der Waals surface area contributed by atoms with E-state index in [9.17, 15) is 14.4 Å². The Labute approximate surface area is 160 Å². The van der Waals surface area contributed by atoms with Crippen LogP contribution in [0.1, 0.15) is 51.5 Å². The molecule has 0 saturated carbocycles. The molecule has 1 aromatic rings. The highest BCUT2D eigenvalue weighted by molar-refractivity contribution is 6.03. The van der Waals surface area contributed by atoms with Crippen LogP contribution in [0, 0.1) is 0 Å². The van der Waals surface area contributed by atoms with E-state index in [2.05, 4.69) is 24.5 Å². The van der Waals surface area contributed by atoms with Gasteiger partial charge in [0, 0.05) is 24.8 Å². The maximum Gasteiger partial charge on any atom is 0.409 e. The number of likely N-dealkylation sites (tertiary alicyclic amines) is 1. The van der Waals surface area contributed by atoms with Crippen molar-refractivity contribution >= 4 is 23.6 Å². The first-order valence-corrected chi connectivity index (χ1v) is 9.50. The molecule has 0 spiro atoms. The normalized spacial score (nSPS) is 14.7. The van der Waals surface area contributed by atoms with Crippen molar-refractivity contribution in [1.82, 2.24) is 10.2 Å². The second kappa shape index (κ2) is 9.94. The average molecular weight is 375 g/mol. The Morgan fingerprint density at radius 3 is 2.30 bits per heavy atom. The third-order valence-corrected chi connectivity index (χ3v) is 4.57. The van der Waals surface area contributed by atoms with Gasteiger partial charge in [0.05, 0.1) is 6.61 Å². The van der Waals surface area contributed by atoms with E-state index in [1.807, 2.05) is 24.3 Å². The lowest BCUT2D eigenvalue weighted by atomic mass is 10.0. The molecule has 1 fully saturated rings. The summed E-state index contributed by atoms with van der Waals surface area (Å²) in [4.78, 5) is 37.5. The number of ether oxygens (including phenoxy) is 1. The zero-order chi connectivity index (χ0) is 19.8. The van der Waals surface area contributed by atoms with Crippen LogP contribution in [-0.2, 0) is 14.3 Å². The lowest BCUT2D eigenvalue weighted by Gasteiger charge is -2.31. The molecule has 2 rings (SSSR count). The van der Waals surface area contributed by atoms with Crippen molar-refractivity contribution < 1.29 is 19.1 Å². The summed E-state index contributed by atoms with van der Waals surface area (Å²) in [7, 11) is 0. The fraction of sp³-hybridized carbons (Fsp3) is 0.550. The van der Waals surface area contributed by atoms with Crippen LogP contribution >= 0.6 is 0 Å². The molecule has 0 aliphatic carbocycles. The predicted molar refractivity (Wildman–Crippen MR) is 104 cm³/mol. The van der Waals surface area contributed by atoms with Crippen LogP contribution in [0.15, 0.2) is 24.3 Å². The number of nitrogens with zero attached hydrogens (tertiary/aromatic N) is 1. The van der Waals surface area contributed by atoms with Crippen LogP contribution < -0.4 is 10.6 Å². The van der Waals surface area contributed by atoms with Gasteiger partial charge in [-0.1, -0.05) is 26.0 Å². The Kier molecular flexibility index (Phi) is 7.64. The number of carbonyl (C=O) groups is 3. The number of piperidine rings is 1. The minimum atomic E-state index is -0.339. The summed E-state index contributed by atoms with van der Waals surface area (Å²) < 4.78 is 4.97. The van der Waals surface area contributed by atoms with E-state index in [1.54, 1.807) is 11.8 Å². The van der Waals surface area contributed by atoms with E-state index >= 15 is 0 Å². The van der Waals surface area contributed by atoms with Crippen LogP contribution in [0.2, 0.25) is 0 Å². The van der Waals surface area contributed by atoms with Gasteiger partial charge in [-0.15, -0.1) is 0 Å². The molecule has 1 saturated heterocycles. The molecule has 0 radical (unpaired) electrons. The van der Waals surface area contributed by atoms with E-state index < -0.39 is 0 Å². The molecule has 1 aliphatic rings. The van der Waals surface area contributed by atoms with Crippen molar-refractivity contribution in [3.8, 4) is 0 Å². The average Bonchev–Trinajstić information content (AvgIpc) is 2.62. The number of rotatable bonds is 6. The predicted octanol–water partition coefficient (Wildman–Crippen LogP) is 2.88. The standard InChI is InChI=1S/C20H29N3O4/c1-4-27-20(26)23-11-9-17(10-12-23)22-19(25)13-18(24)21-16-7-5-15(6-8-16)14(2)3/h5-8,14,17H,4,9-13H2,1-3H3,(H,21,24)(H,22,25). The molecule has 27 heavy (non-hydrogen) atoms. The zero-order valence-electron chi connectivity index (χ0n) is 16.3. The van der Waals surface area contributed by atoms with E-state index in [4.69, 9.17) is 4.74 Å². The molecule has 3 amide bonds. The molecule has 0 unspecified atom stereocenters. The molecular formula is C20H29N3O4. The van der Waals surface area contributed by atoms with E-state index in [0.29, 0.717) is 44.1 Å². The third-order valence-electron chi connectivity index (χ3n) is 4.57. The Morgan fingerprint density at radius 2 is 1.74 bits per heavy atom. The van der Waals surface area contributed by atoms with Crippen LogP contribution in [0.5, 0.6) is 0 Å². The van der Waals surface area contributed by atoms with Crippen molar-refractivity contribution in [3.05, 3.63) is 29.8 Å². The van der Waals surface area contributed by atoms with Gasteiger partial charge in [0.1, 0.15) is 6.42 Å². The number of nitrogens with one attached hydrogen (secondary N) is 2. The lowest BCUT2D eigenvalue weighted by Crippen LogP contribution is -2.47. The summed E-state index contributed by atoms with van der Waals surface area (Å²) in [6.07, 6.45) is 0.778. The van der Waals surface area contributed by atoms with Crippen LogP contribution in [0.4, 0.5) is 10.5 Å². The number of carbonyl (C=O) groups excluding carboxylic acids is 3. The highest BCUT2D eigenvalue weighted by Gasteiger charge is 2.25. The number of amides is 3. The monoisotopic (exact) mass is 375 g/mol. The Balaban J connectivity index is 1.72. The van der Waals surface area contributed by atoms with E-state index in [1.165, 1.54) is 5.56 Å². The van der Waals surface area contributed by atoms with Gasteiger partial charge in [-0.25, -0.2) is 4.79 Å². The molecule has 1 aliphatic heterocycles. The quantitative estimate of drug-likeness (QED) is 0.749. The Hall–Kier alpha value is -2.57. The second-order valence-corrected chi connectivity index (χ2v) is 7.03. The maximum atomic E-state index is 12.1. The lowest BCUT2D eigenvalue weighted by molar-refractivity contribution is -0.127. The molecule has 0 bridgehead atoms. The Morgan fingerprint density at radius 1 is 1.11 bits per heavy atom. The summed E-state index contributed by atoms with van der Waals surface area (Å²) in [5.41, 5.74) is 1.87. The fourth-order valence-corrected chi connectivity index (χ4v) is 3.00. The van der Waals surface area contributed by atoms with Gasteiger partial charge < -0.3 is 20.3 Å². The minimum absolute atomic E-state index is 0.0266. The topological polar surface area (TPSA) is 87.7 Å². The third kappa shape index (κ3) is 6.58. The van der Waals surface area contributed by atoms with Crippen molar-refractivity contribution in [1.29, 1.82) is 0 Å². The molecule has 2 N–H and O–H groups in total. The summed E-state index contributed by atoms with van der Waals surface area (Å²) in [5, 5.41) is 5.62. The van der Waals surface area contributed by atoms with Gasteiger partial charge in [-0.2, -0.15) is 0 Å². The van der Waals surface area contributed by atoms with Gasteiger partial charge in [-0.05, 0) is 43.4 Å². The molecule has 148 valence electrons. The largest absolute Gasteiger partial charge is 0.450 e. The van der Waals surface area contributed by atoms with Gasteiger partial charge >= 0.3 is 6.09 Å². The van der Waals surface area contributed by atoms with Crippen molar-refractivity contribution in [2.24, 2.45) is 0 Å². The van der Waals surface area contributed by atoms with Gasteiger partial charge in [-0.3, -0.25) is 9.59 Å². The SMILES string of the molecule is CCOC(=O)N1CCC(NC(=O)CC(=O)Nc2ccc(C(C)C)cc2)CC1. The highest BCUT2D eigenvalue weighted by Crippen LogP contribution is 2.17. The number of hydrogen-bond acceptors (Lipinski definition) is 4. The smallest absolute Gasteiger partial charge is 0.409 e. The zero-order valence-corrected chi connectivity index (χ0v) is 16.3. The van der Waals surface area contributed by atoms with Gasteiger partial charge in [0.15, 0.2) is 0 Å². The first-order chi connectivity index (χ1) is 12.9. The summed E-state index contributed by atoms with van der Waals surface area (Å²) in [6, 6.07) is 7.60. The number of anilines is 1. The highest BCUT2D eigenvalue weighted by atomic mass is 16.6. The number of benzene rings is 1.